The van der Waals surface area contributed by atoms with Crippen molar-refractivity contribution in [3.63, 3.8) is 0 Å². The Morgan fingerprint density at radius 2 is 1.81 bits per heavy atom. The summed E-state index contributed by atoms with van der Waals surface area (Å²) in [6.07, 6.45) is 0.437. The molecule has 0 bridgehead atoms. The van der Waals surface area contributed by atoms with E-state index < -0.39 is 11.6 Å². The van der Waals surface area contributed by atoms with Crippen molar-refractivity contribution in [3.05, 3.63) is 54.1 Å². The molecule has 0 unspecified atom stereocenters. The second-order valence-corrected chi connectivity index (χ2v) is 6.61. The largest absolute Gasteiger partial charge is 0.497 e. The molecule has 0 aromatic heterocycles. The number of benzene rings is 2. The topological polar surface area (TPSA) is 79.0 Å². The number of rotatable bonds is 3. The quantitative estimate of drug-likeness (QED) is 0.905. The lowest BCUT2D eigenvalue weighted by Gasteiger charge is -2.47. The summed E-state index contributed by atoms with van der Waals surface area (Å²) < 4.78 is 5.12. The van der Waals surface area contributed by atoms with E-state index in [0.717, 1.165) is 0 Å². The van der Waals surface area contributed by atoms with Crippen molar-refractivity contribution in [2.24, 2.45) is 0 Å². The van der Waals surface area contributed by atoms with Crippen LogP contribution < -0.4 is 15.0 Å². The number of nitrogens with one attached hydrogen (secondary N) is 1. The number of likely N-dealkylation sites (N-methyl/N-ethyl adjacent to an activating group) is 1. The number of amides is 3. The van der Waals surface area contributed by atoms with Crippen LogP contribution in [0, 0.1) is 0 Å². The number of para-hydroxylation sites is 1. The van der Waals surface area contributed by atoms with Crippen molar-refractivity contribution >= 4 is 29.1 Å². The number of methoxy groups -OCH3 is 1. The summed E-state index contributed by atoms with van der Waals surface area (Å²) >= 11 is 0. The highest BCUT2D eigenvalue weighted by molar-refractivity contribution is 6.18. The molecule has 1 saturated heterocycles. The van der Waals surface area contributed by atoms with Crippen LogP contribution in [0.1, 0.15) is 23.2 Å². The SMILES string of the molecule is COc1ccc(NC(=O)[C@]23CCC(=O)N2c2ccccc2C(=O)N3C)cc1. The Morgan fingerprint density at radius 3 is 2.52 bits per heavy atom. The predicted molar refractivity (Wildman–Crippen MR) is 99.6 cm³/mol. The van der Waals surface area contributed by atoms with Crippen molar-refractivity contribution in [1.29, 1.82) is 0 Å². The van der Waals surface area contributed by atoms with Crippen molar-refractivity contribution in [2.45, 2.75) is 18.5 Å². The summed E-state index contributed by atoms with van der Waals surface area (Å²) in [5, 5.41) is 2.85. The smallest absolute Gasteiger partial charge is 0.271 e. The molecule has 1 N–H and O–H groups in total. The Morgan fingerprint density at radius 1 is 1.11 bits per heavy atom. The normalized spacial score (nSPS) is 21.0. The molecule has 0 radical (unpaired) electrons. The second kappa shape index (κ2) is 6.12. The van der Waals surface area contributed by atoms with E-state index in [1.165, 1.54) is 9.80 Å². The molecule has 0 saturated carbocycles. The van der Waals surface area contributed by atoms with Crippen LogP contribution in [0.5, 0.6) is 5.75 Å². The van der Waals surface area contributed by atoms with Crippen molar-refractivity contribution < 1.29 is 19.1 Å². The van der Waals surface area contributed by atoms with E-state index in [4.69, 9.17) is 4.74 Å². The minimum absolute atomic E-state index is 0.174. The first kappa shape index (κ1) is 17.1. The highest BCUT2D eigenvalue weighted by Gasteiger charge is 2.59. The van der Waals surface area contributed by atoms with Gasteiger partial charge in [-0.05, 0) is 36.4 Å². The van der Waals surface area contributed by atoms with Gasteiger partial charge in [-0.25, -0.2) is 0 Å². The fraction of sp³-hybridized carbons (Fsp3) is 0.250. The number of carbonyl (C=O) groups excluding carboxylic acids is 3. The zero-order valence-corrected chi connectivity index (χ0v) is 15.1. The van der Waals surface area contributed by atoms with E-state index in [1.54, 1.807) is 62.7 Å². The molecule has 1 fully saturated rings. The van der Waals surface area contributed by atoms with Crippen LogP contribution in [-0.4, -0.2) is 42.4 Å². The van der Waals surface area contributed by atoms with Gasteiger partial charge < -0.3 is 15.0 Å². The number of hydrogen-bond acceptors (Lipinski definition) is 4. The highest BCUT2D eigenvalue weighted by atomic mass is 16.5. The van der Waals surface area contributed by atoms with E-state index in [2.05, 4.69) is 5.32 Å². The van der Waals surface area contributed by atoms with Crippen LogP contribution in [0.25, 0.3) is 0 Å². The molecule has 2 aromatic carbocycles. The van der Waals surface area contributed by atoms with Gasteiger partial charge in [-0.3, -0.25) is 19.3 Å². The first-order valence-corrected chi connectivity index (χ1v) is 8.65. The lowest BCUT2D eigenvalue weighted by atomic mass is 9.96. The van der Waals surface area contributed by atoms with E-state index >= 15 is 0 Å². The van der Waals surface area contributed by atoms with Crippen LogP contribution in [0.4, 0.5) is 11.4 Å². The maximum atomic E-state index is 13.3. The van der Waals surface area contributed by atoms with Gasteiger partial charge in [0.05, 0.1) is 18.4 Å². The molecule has 138 valence electrons. The lowest BCUT2D eigenvalue weighted by molar-refractivity contribution is -0.128. The van der Waals surface area contributed by atoms with E-state index in [1.807, 2.05) is 0 Å². The van der Waals surface area contributed by atoms with Crippen LogP contribution in [-0.2, 0) is 9.59 Å². The fourth-order valence-corrected chi connectivity index (χ4v) is 3.83. The molecule has 0 spiro atoms. The van der Waals surface area contributed by atoms with Crippen LogP contribution in [0.15, 0.2) is 48.5 Å². The van der Waals surface area contributed by atoms with Crippen molar-refractivity contribution in [3.8, 4) is 5.75 Å². The molecule has 3 amide bonds. The van der Waals surface area contributed by atoms with Crippen LogP contribution in [0.3, 0.4) is 0 Å². The molecule has 1 atom stereocenters. The molecule has 2 aliphatic rings. The van der Waals surface area contributed by atoms with E-state index in [9.17, 15) is 14.4 Å². The Kier molecular flexibility index (Phi) is 3.87. The van der Waals surface area contributed by atoms with Gasteiger partial charge in [0.1, 0.15) is 5.75 Å². The number of carbonyl (C=O) groups is 3. The molecule has 2 heterocycles. The van der Waals surface area contributed by atoms with Gasteiger partial charge in [-0.2, -0.15) is 0 Å². The third kappa shape index (κ3) is 2.38. The summed E-state index contributed by atoms with van der Waals surface area (Å²) in [6.45, 7) is 0. The molecule has 0 aliphatic carbocycles. The van der Waals surface area contributed by atoms with Crippen LogP contribution >= 0.6 is 0 Å². The second-order valence-electron chi connectivity index (χ2n) is 6.61. The summed E-state index contributed by atoms with van der Waals surface area (Å²) in [7, 11) is 3.13. The Labute approximate surface area is 156 Å². The zero-order valence-electron chi connectivity index (χ0n) is 15.1. The minimum Gasteiger partial charge on any atom is -0.497 e. The number of hydrogen-bond donors (Lipinski definition) is 1. The van der Waals surface area contributed by atoms with Crippen molar-refractivity contribution in [2.75, 3.05) is 24.4 Å². The summed E-state index contributed by atoms with van der Waals surface area (Å²) in [5.74, 6) is -0.195. The van der Waals surface area contributed by atoms with Gasteiger partial charge in [0.15, 0.2) is 0 Å². The van der Waals surface area contributed by atoms with E-state index in [-0.39, 0.29) is 24.7 Å². The lowest BCUT2D eigenvalue weighted by Crippen LogP contribution is -2.68. The summed E-state index contributed by atoms with van der Waals surface area (Å²) in [6, 6.07) is 13.8. The highest BCUT2D eigenvalue weighted by Crippen LogP contribution is 2.44. The van der Waals surface area contributed by atoms with Crippen molar-refractivity contribution in [1.82, 2.24) is 4.90 Å². The van der Waals surface area contributed by atoms with Gasteiger partial charge in [-0.15, -0.1) is 0 Å². The maximum Gasteiger partial charge on any atom is 0.271 e. The number of anilines is 2. The molecule has 2 aliphatic heterocycles. The molecule has 27 heavy (non-hydrogen) atoms. The molecular weight excluding hydrogens is 346 g/mol. The van der Waals surface area contributed by atoms with Gasteiger partial charge in [0.2, 0.25) is 11.6 Å². The molecule has 2 aromatic rings. The zero-order chi connectivity index (χ0) is 19.2. The molecular formula is C20H19N3O4. The predicted octanol–water partition coefficient (Wildman–Crippen LogP) is 2.24. The van der Waals surface area contributed by atoms with Gasteiger partial charge in [0, 0.05) is 25.6 Å². The summed E-state index contributed by atoms with van der Waals surface area (Å²) in [4.78, 5) is 41.7. The standard InChI is InChI=1S/C20H19N3O4/c1-22-18(25)15-5-3-4-6-16(15)23-17(24)11-12-20(22,23)19(26)21-13-7-9-14(27-2)10-8-13/h3-10H,11-12H2,1-2H3,(H,21,26)/t20-/m0/s1. The third-order valence-electron chi connectivity index (χ3n) is 5.25. The van der Waals surface area contributed by atoms with Crippen LogP contribution in [0.2, 0.25) is 0 Å². The van der Waals surface area contributed by atoms with Gasteiger partial charge in [-0.1, -0.05) is 12.1 Å². The fourth-order valence-electron chi connectivity index (χ4n) is 3.83. The van der Waals surface area contributed by atoms with Gasteiger partial charge in [0.25, 0.3) is 11.8 Å². The number of ether oxygens (including phenoxy) is 1. The molecule has 7 heteroatoms. The Bertz CT molecular complexity index is 940. The molecule has 4 rings (SSSR count). The average molecular weight is 365 g/mol. The Hall–Kier alpha value is -3.35. The minimum atomic E-state index is -1.37. The van der Waals surface area contributed by atoms with E-state index in [0.29, 0.717) is 22.7 Å². The average Bonchev–Trinajstić information content (AvgIpc) is 3.05. The van der Waals surface area contributed by atoms with Gasteiger partial charge >= 0.3 is 0 Å². The first-order chi connectivity index (χ1) is 13.0. The molecule has 7 nitrogen and oxygen atoms in total. The maximum absolute atomic E-state index is 13.3. The third-order valence-corrected chi connectivity index (χ3v) is 5.25. The summed E-state index contributed by atoms with van der Waals surface area (Å²) in [5.41, 5.74) is 0.0907. The number of fused-ring (bicyclic) bond motifs is 3. The monoisotopic (exact) mass is 365 g/mol. The first-order valence-electron chi connectivity index (χ1n) is 8.65. The number of nitrogens with zero attached hydrogens (tertiary/aromatic N) is 2. The Balaban J connectivity index is 1.76.